The fourth-order valence-electron chi connectivity index (χ4n) is 3.61. The number of aromatic nitrogens is 5. The van der Waals surface area contributed by atoms with Gasteiger partial charge in [0.1, 0.15) is 16.7 Å². The van der Waals surface area contributed by atoms with Crippen LogP contribution in [0.4, 0.5) is 27.8 Å². The molecule has 0 aliphatic heterocycles. The molecular formula is C24H14ClF5N6O. The van der Waals surface area contributed by atoms with Crippen molar-refractivity contribution in [3.05, 3.63) is 100 Å². The average Bonchev–Trinajstić information content (AvgIpc) is 3.41. The van der Waals surface area contributed by atoms with E-state index >= 15 is 0 Å². The van der Waals surface area contributed by atoms with Crippen LogP contribution in [0.15, 0.2) is 66.9 Å². The highest BCUT2D eigenvalue weighted by Crippen LogP contribution is 2.32. The highest BCUT2D eigenvalue weighted by atomic mass is 35.5. The molecule has 3 heterocycles. The molecule has 0 bridgehead atoms. The number of anilines is 1. The number of amides is 1. The summed E-state index contributed by atoms with van der Waals surface area (Å²) in [5.41, 5.74) is -1.02. The highest BCUT2D eigenvalue weighted by Gasteiger charge is 2.35. The van der Waals surface area contributed by atoms with Crippen LogP contribution in [-0.4, -0.2) is 30.3 Å². The minimum atomic E-state index is -4.82. The molecule has 1 amide bonds. The Bertz CT molecular complexity index is 1630. The van der Waals surface area contributed by atoms with Gasteiger partial charge in [0.2, 0.25) is 0 Å². The molecule has 0 saturated carbocycles. The number of halogens is 6. The molecule has 0 radical (unpaired) electrons. The molecule has 0 saturated heterocycles. The number of benzene rings is 2. The third-order valence-corrected chi connectivity index (χ3v) is 5.55. The van der Waals surface area contributed by atoms with Crippen molar-refractivity contribution in [2.75, 3.05) is 5.32 Å². The van der Waals surface area contributed by atoms with Crippen LogP contribution in [0.1, 0.15) is 21.7 Å². The van der Waals surface area contributed by atoms with Crippen molar-refractivity contribution in [1.29, 1.82) is 0 Å². The van der Waals surface area contributed by atoms with Gasteiger partial charge < -0.3 is 5.32 Å². The standard InChI is InChI=1S/C24H14ClF5N6O/c25-17-12-35(11-13-2-1-3-16(27)8-13)34-22(17)32-23(37)19-10-21-31-18(14-4-6-15(26)7-5-14)9-20(24(28,29)30)36(21)33-19/h1-10,12H,11H2,(H,32,34,37). The van der Waals surface area contributed by atoms with E-state index in [0.717, 1.165) is 24.3 Å². The van der Waals surface area contributed by atoms with Gasteiger partial charge in [-0.25, -0.2) is 18.3 Å². The van der Waals surface area contributed by atoms with Gasteiger partial charge in [0.25, 0.3) is 5.91 Å². The number of hydrogen-bond acceptors (Lipinski definition) is 4. The molecule has 13 heteroatoms. The molecule has 188 valence electrons. The van der Waals surface area contributed by atoms with Crippen molar-refractivity contribution in [1.82, 2.24) is 24.4 Å². The lowest BCUT2D eigenvalue weighted by molar-refractivity contribution is -0.142. The van der Waals surface area contributed by atoms with E-state index in [1.54, 1.807) is 6.07 Å². The zero-order valence-corrected chi connectivity index (χ0v) is 19.2. The van der Waals surface area contributed by atoms with E-state index in [9.17, 15) is 26.7 Å². The first-order chi connectivity index (χ1) is 17.6. The van der Waals surface area contributed by atoms with Gasteiger partial charge >= 0.3 is 6.18 Å². The van der Waals surface area contributed by atoms with E-state index in [4.69, 9.17) is 11.6 Å². The maximum Gasteiger partial charge on any atom is 0.433 e. The van der Waals surface area contributed by atoms with Gasteiger partial charge in [-0.05, 0) is 48.0 Å². The molecule has 7 nitrogen and oxygen atoms in total. The molecule has 0 aliphatic rings. The van der Waals surface area contributed by atoms with Crippen molar-refractivity contribution >= 4 is 29.0 Å². The van der Waals surface area contributed by atoms with Gasteiger partial charge in [0.05, 0.1) is 12.2 Å². The molecule has 3 aromatic heterocycles. The SMILES string of the molecule is O=C(Nc1nn(Cc2cccc(F)c2)cc1Cl)c1cc2nc(-c3ccc(F)cc3)cc(C(F)(F)F)n2n1. The number of carbonyl (C=O) groups is 1. The Hall–Kier alpha value is -4.32. The third kappa shape index (κ3) is 5.14. The lowest BCUT2D eigenvalue weighted by atomic mass is 10.1. The van der Waals surface area contributed by atoms with Crippen LogP contribution in [-0.2, 0) is 12.7 Å². The largest absolute Gasteiger partial charge is 0.433 e. The fraction of sp³-hybridized carbons (Fsp3) is 0.0833. The van der Waals surface area contributed by atoms with Crippen LogP contribution in [0.3, 0.4) is 0 Å². The van der Waals surface area contributed by atoms with Gasteiger partial charge in [0.15, 0.2) is 22.9 Å². The van der Waals surface area contributed by atoms with Crippen LogP contribution < -0.4 is 5.32 Å². The summed E-state index contributed by atoms with van der Waals surface area (Å²) >= 11 is 6.15. The molecule has 1 N–H and O–H groups in total. The number of alkyl halides is 3. The van der Waals surface area contributed by atoms with Crippen molar-refractivity contribution < 1.29 is 26.7 Å². The quantitative estimate of drug-likeness (QED) is 0.288. The summed E-state index contributed by atoms with van der Waals surface area (Å²) in [4.78, 5) is 17.0. The van der Waals surface area contributed by atoms with E-state index in [1.807, 2.05) is 0 Å². The number of nitrogens with zero attached hydrogens (tertiary/aromatic N) is 5. The number of rotatable bonds is 5. The average molecular weight is 533 g/mol. The number of hydrogen-bond donors (Lipinski definition) is 1. The highest BCUT2D eigenvalue weighted by molar-refractivity contribution is 6.33. The summed E-state index contributed by atoms with van der Waals surface area (Å²) in [6.45, 7) is 0.159. The Morgan fingerprint density at radius 1 is 0.973 bits per heavy atom. The lowest BCUT2D eigenvalue weighted by Crippen LogP contribution is -2.16. The lowest BCUT2D eigenvalue weighted by Gasteiger charge is -2.11. The summed E-state index contributed by atoms with van der Waals surface area (Å²) in [7, 11) is 0. The van der Waals surface area contributed by atoms with E-state index in [-0.39, 0.29) is 40.0 Å². The van der Waals surface area contributed by atoms with Crippen LogP contribution in [0.2, 0.25) is 5.02 Å². The second-order valence-electron chi connectivity index (χ2n) is 7.94. The Kier molecular flexibility index (Phi) is 6.12. The Morgan fingerprint density at radius 2 is 1.73 bits per heavy atom. The molecule has 0 fully saturated rings. The summed E-state index contributed by atoms with van der Waals surface area (Å²) < 4.78 is 69.9. The number of nitrogens with one attached hydrogen (secondary N) is 1. The minimum absolute atomic E-state index is 0.0567. The van der Waals surface area contributed by atoms with Crippen LogP contribution in [0, 0.1) is 11.6 Å². The van der Waals surface area contributed by atoms with Gasteiger partial charge in [-0.3, -0.25) is 9.48 Å². The Labute approximate surface area is 210 Å². The maximum atomic E-state index is 13.8. The van der Waals surface area contributed by atoms with Crippen LogP contribution >= 0.6 is 11.6 Å². The second-order valence-corrected chi connectivity index (χ2v) is 8.35. The second kappa shape index (κ2) is 9.28. The predicted octanol–water partition coefficient (Wildman–Crippen LogP) is 5.84. The maximum absolute atomic E-state index is 13.8. The van der Waals surface area contributed by atoms with Crippen molar-refractivity contribution in [3.63, 3.8) is 0 Å². The summed E-state index contributed by atoms with van der Waals surface area (Å²) in [5, 5.41) is 10.4. The first kappa shape index (κ1) is 24.4. The first-order valence-corrected chi connectivity index (χ1v) is 11.0. The molecule has 2 aromatic carbocycles. The van der Waals surface area contributed by atoms with Gasteiger partial charge in [-0.2, -0.15) is 23.4 Å². The zero-order chi connectivity index (χ0) is 26.3. The third-order valence-electron chi connectivity index (χ3n) is 5.27. The number of carbonyl (C=O) groups excluding carboxylic acids is 1. The summed E-state index contributed by atoms with van der Waals surface area (Å²) in [6.07, 6.45) is -3.42. The minimum Gasteiger partial charge on any atom is -0.302 e. The predicted molar refractivity (Wildman–Crippen MR) is 124 cm³/mol. The molecule has 5 rings (SSSR count). The molecule has 0 aliphatic carbocycles. The van der Waals surface area contributed by atoms with E-state index < -0.39 is 29.4 Å². The topological polar surface area (TPSA) is 77.1 Å². The van der Waals surface area contributed by atoms with Crippen molar-refractivity contribution in [3.8, 4) is 11.3 Å². The molecule has 0 unspecified atom stereocenters. The monoisotopic (exact) mass is 532 g/mol. The molecule has 0 atom stereocenters. The Morgan fingerprint density at radius 3 is 2.43 bits per heavy atom. The first-order valence-electron chi connectivity index (χ1n) is 10.6. The van der Waals surface area contributed by atoms with E-state index in [1.165, 1.54) is 41.2 Å². The number of fused-ring (bicyclic) bond motifs is 1. The summed E-state index contributed by atoms with van der Waals surface area (Å²) in [5.74, 6) is -1.91. The Balaban J connectivity index is 1.45. The van der Waals surface area contributed by atoms with Crippen molar-refractivity contribution in [2.45, 2.75) is 12.7 Å². The molecule has 37 heavy (non-hydrogen) atoms. The zero-order valence-electron chi connectivity index (χ0n) is 18.5. The van der Waals surface area contributed by atoms with Gasteiger partial charge in [-0.1, -0.05) is 23.7 Å². The van der Waals surface area contributed by atoms with Crippen LogP contribution in [0.5, 0.6) is 0 Å². The summed E-state index contributed by atoms with van der Waals surface area (Å²) in [6, 6.07) is 12.4. The molecule has 0 spiro atoms. The molecular weight excluding hydrogens is 519 g/mol. The van der Waals surface area contributed by atoms with E-state index in [2.05, 4.69) is 20.5 Å². The normalized spacial score (nSPS) is 11.7. The molecule has 5 aromatic rings. The van der Waals surface area contributed by atoms with Gasteiger partial charge in [-0.15, -0.1) is 0 Å². The fourth-order valence-corrected chi connectivity index (χ4v) is 3.81. The van der Waals surface area contributed by atoms with Crippen molar-refractivity contribution in [2.24, 2.45) is 0 Å². The van der Waals surface area contributed by atoms with Gasteiger partial charge in [0, 0.05) is 17.8 Å². The van der Waals surface area contributed by atoms with E-state index in [0.29, 0.717) is 10.1 Å². The van der Waals surface area contributed by atoms with Crippen LogP contribution in [0.25, 0.3) is 16.9 Å². The smallest absolute Gasteiger partial charge is 0.302 e.